The number of rotatable bonds is 6. The third kappa shape index (κ3) is 5.19. The first-order valence-electron chi connectivity index (χ1n) is 10.1. The molecule has 10 heteroatoms. The molecular weight excluding hydrogens is 479 g/mol. The highest BCUT2D eigenvalue weighted by atomic mass is 35.5. The number of nitrogens with zero attached hydrogens (tertiary/aromatic N) is 1. The van der Waals surface area contributed by atoms with Crippen LogP contribution in [0.2, 0.25) is 10.0 Å². The number of hydrogen-bond acceptors (Lipinski definition) is 5. The summed E-state index contributed by atoms with van der Waals surface area (Å²) in [7, 11) is 1.46. The zero-order valence-corrected chi connectivity index (χ0v) is 19.3. The minimum Gasteiger partial charge on any atom is -0.481 e. The molecule has 2 heterocycles. The smallest absolute Gasteiger partial charge is 0.262 e. The number of nitrogens with one attached hydrogen (secondary N) is 3. The third-order valence-electron chi connectivity index (χ3n) is 4.95. The molecule has 2 aromatic heterocycles. The number of carbonyl (C=O) groups is 2. The molecule has 4 rings (SSSR count). The molecular formula is C24H18Cl2N4O4. The minimum absolute atomic E-state index is 0.133. The van der Waals surface area contributed by atoms with Crippen molar-refractivity contribution in [3.63, 3.8) is 0 Å². The second-order valence-corrected chi connectivity index (χ2v) is 8.11. The summed E-state index contributed by atoms with van der Waals surface area (Å²) in [5.74, 6) is -0.717. The fourth-order valence-electron chi connectivity index (χ4n) is 3.23. The summed E-state index contributed by atoms with van der Waals surface area (Å²) in [5.41, 5.74) is 0.840. The SMILES string of the molecule is COc1ccc2cc(C(=O)Nc3cc(C(=O)NCc4cccc(Cl)c4)ccc3Cl)c(=O)[nH]c2n1. The fourth-order valence-corrected chi connectivity index (χ4v) is 3.61. The number of methoxy groups -OCH3 is 1. The lowest BCUT2D eigenvalue weighted by Crippen LogP contribution is -2.24. The molecule has 2 amide bonds. The second kappa shape index (κ2) is 9.94. The maximum atomic E-state index is 12.8. The van der Waals surface area contributed by atoms with E-state index in [0.29, 0.717) is 16.3 Å². The maximum Gasteiger partial charge on any atom is 0.262 e. The monoisotopic (exact) mass is 496 g/mol. The van der Waals surface area contributed by atoms with Crippen LogP contribution in [0.5, 0.6) is 5.88 Å². The number of ether oxygens (including phenoxy) is 1. The lowest BCUT2D eigenvalue weighted by molar-refractivity contribution is 0.0949. The Morgan fingerprint density at radius 1 is 1.03 bits per heavy atom. The highest BCUT2D eigenvalue weighted by Gasteiger charge is 2.16. The van der Waals surface area contributed by atoms with Gasteiger partial charge in [0.25, 0.3) is 17.4 Å². The zero-order chi connectivity index (χ0) is 24.2. The molecule has 0 atom stereocenters. The van der Waals surface area contributed by atoms with E-state index in [-0.39, 0.29) is 39.9 Å². The van der Waals surface area contributed by atoms with E-state index in [4.69, 9.17) is 27.9 Å². The van der Waals surface area contributed by atoms with E-state index >= 15 is 0 Å². The van der Waals surface area contributed by atoms with Crippen LogP contribution in [0.25, 0.3) is 11.0 Å². The van der Waals surface area contributed by atoms with Crippen molar-refractivity contribution >= 4 is 51.7 Å². The van der Waals surface area contributed by atoms with Gasteiger partial charge in [-0.2, -0.15) is 4.98 Å². The number of pyridine rings is 2. The number of aromatic nitrogens is 2. The van der Waals surface area contributed by atoms with E-state index in [1.807, 2.05) is 6.07 Å². The molecule has 0 bridgehead atoms. The molecule has 0 aliphatic rings. The molecule has 0 unspecified atom stereocenters. The Bertz CT molecular complexity index is 1470. The Hall–Kier alpha value is -3.88. The molecule has 0 saturated heterocycles. The number of amides is 2. The summed E-state index contributed by atoms with van der Waals surface area (Å²) in [4.78, 5) is 44.6. The zero-order valence-electron chi connectivity index (χ0n) is 17.8. The van der Waals surface area contributed by atoms with Crippen LogP contribution in [0.4, 0.5) is 5.69 Å². The van der Waals surface area contributed by atoms with Crippen molar-refractivity contribution in [3.8, 4) is 5.88 Å². The number of hydrogen-bond donors (Lipinski definition) is 3. The van der Waals surface area contributed by atoms with Crippen molar-refractivity contribution in [1.82, 2.24) is 15.3 Å². The molecule has 172 valence electrons. The summed E-state index contributed by atoms with van der Waals surface area (Å²) in [5, 5.41) is 6.71. The number of anilines is 1. The van der Waals surface area contributed by atoms with E-state index in [0.717, 1.165) is 5.56 Å². The van der Waals surface area contributed by atoms with Crippen LogP contribution >= 0.6 is 23.2 Å². The van der Waals surface area contributed by atoms with Gasteiger partial charge >= 0.3 is 0 Å². The molecule has 0 spiro atoms. The predicted molar refractivity (Wildman–Crippen MR) is 131 cm³/mol. The van der Waals surface area contributed by atoms with Crippen LogP contribution in [-0.2, 0) is 6.54 Å². The lowest BCUT2D eigenvalue weighted by Gasteiger charge is -2.11. The number of aromatic amines is 1. The number of benzene rings is 2. The van der Waals surface area contributed by atoms with Gasteiger partial charge in [-0.1, -0.05) is 35.3 Å². The van der Waals surface area contributed by atoms with Crippen molar-refractivity contribution in [1.29, 1.82) is 0 Å². The average Bonchev–Trinajstić information content (AvgIpc) is 2.83. The van der Waals surface area contributed by atoms with E-state index in [1.54, 1.807) is 30.3 Å². The van der Waals surface area contributed by atoms with Crippen LogP contribution in [0.1, 0.15) is 26.3 Å². The van der Waals surface area contributed by atoms with E-state index in [2.05, 4.69) is 20.6 Å². The van der Waals surface area contributed by atoms with Gasteiger partial charge in [-0.15, -0.1) is 0 Å². The summed E-state index contributed by atoms with van der Waals surface area (Å²) in [6.45, 7) is 0.273. The molecule has 34 heavy (non-hydrogen) atoms. The third-order valence-corrected chi connectivity index (χ3v) is 5.51. The Labute approximate surface area is 203 Å². The highest BCUT2D eigenvalue weighted by molar-refractivity contribution is 6.34. The second-order valence-electron chi connectivity index (χ2n) is 7.26. The number of carbonyl (C=O) groups excluding carboxylic acids is 2. The first kappa shape index (κ1) is 23.3. The number of fused-ring (bicyclic) bond motifs is 1. The van der Waals surface area contributed by atoms with Crippen molar-refractivity contribution in [2.24, 2.45) is 0 Å². The van der Waals surface area contributed by atoms with Gasteiger partial charge in [0, 0.05) is 28.6 Å². The van der Waals surface area contributed by atoms with E-state index in [9.17, 15) is 14.4 Å². The first-order valence-corrected chi connectivity index (χ1v) is 10.8. The molecule has 4 aromatic rings. The van der Waals surface area contributed by atoms with Gasteiger partial charge in [0.05, 0.1) is 17.8 Å². The lowest BCUT2D eigenvalue weighted by atomic mass is 10.1. The van der Waals surface area contributed by atoms with Crippen LogP contribution < -0.4 is 20.9 Å². The van der Waals surface area contributed by atoms with Crippen LogP contribution in [-0.4, -0.2) is 28.9 Å². The molecule has 0 fully saturated rings. The topological polar surface area (TPSA) is 113 Å². The van der Waals surface area contributed by atoms with Crippen LogP contribution in [0.15, 0.2) is 65.5 Å². The van der Waals surface area contributed by atoms with Crippen LogP contribution in [0, 0.1) is 0 Å². The van der Waals surface area contributed by atoms with Gasteiger partial charge in [-0.05, 0) is 48.0 Å². The largest absolute Gasteiger partial charge is 0.481 e. The quantitative estimate of drug-likeness (QED) is 0.365. The van der Waals surface area contributed by atoms with Gasteiger partial charge < -0.3 is 20.4 Å². The maximum absolute atomic E-state index is 12.8. The summed E-state index contributed by atoms with van der Waals surface area (Å²) >= 11 is 12.2. The van der Waals surface area contributed by atoms with Gasteiger partial charge in [-0.25, -0.2) is 0 Å². The molecule has 3 N–H and O–H groups in total. The minimum atomic E-state index is -0.683. The normalized spacial score (nSPS) is 10.7. The Balaban J connectivity index is 1.53. The fraction of sp³-hybridized carbons (Fsp3) is 0.0833. The van der Waals surface area contributed by atoms with Crippen LogP contribution in [0.3, 0.4) is 0 Å². The number of halogens is 2. The molecule has 2 aromatic carbocycles. The Kier molecular flexibility index (Phi) is 6.81. The van der Waals surface area contributed by atoms with E-state index < -0.39 is 11.5 Å². The van der Waals surface area contributed by atoms with Crippen molar-refractivity contribution in [2.45, 2.75) is 6.54 Å². The molecule has 8 nitrogen and oxygen atoms in total. The van der Waals surface area contributed by atoms with Gasteiger partial charge in [0.2, 0.25) is 5.88 Å². The average molecular weight is 497 g/mol. The van der Waals surface area contributed by atoms with Gasteiger partial charge in [-0.3, -0.25) is 14.4 Å². The highest BCUT2D eigenvalue weighted by Crippen LogP contribution is 2.24. The van der Waals surface area contributed by atoms with Crippen molar-refractivity contribution < 1.29 is 14.3 Å². The molecule has 0 aliphatic heterocycles. The standard InChI is InChI=1S/C24H18Cl2N4O4/c1-34-20-8-6-14-10-17(24(33)30-21(14)29-20)23(32)28-19-11-15(5-7-18(19)26)22(31)27-12-13-3-2-4-16(25)9-13/h2-11H,12H2,1H3,(H,27,31)(H,28,32)(H,29,30,33). The Morgan fingerprint density at radius 2 is 1.85 bits per heavy atom. The Morgan fingerprint density at radius 3 is 2.62 bits per heavy atom. The first-order chi connectivity index (χ1) is 16.3. The molecule has 0 saturated carbocycles. The van der Waals surface area contributed by atoms with E-state index in [1.165, 1.54) is 31.4 Å². The van der Waals surface area contributed by atoms with Crippen molar-refractivity contribution in [3.05, 3.63) is 97.8 Å². The van der Waals surface area contributed by atoms with Crippen molar-refractivity contribution in [2.75, 3.05) is 12.4 Å². The molecule has 0 aliphatic carbocycles. The summed E-state index contributed by atoms with van der Waals surface area (Å²) < 4.78 is 5.04. The van der Waals surface area contributed by atoms with Gasteiger partial charge in [0.15, 0.2) is 0 Å². The summed E-state index contributed by atoms with van der Waals surface area (Å²) in [6.07, 6.45) is 0. The summed E-state index contributed by atoms with van der Waals surface area (Å²) in [6, 6.07) is 16.3. The molecule has 0 radical (unpaired) electrons. The van der Waals surface area contributed by atoms with Gasteiger partial charge in [0.1, 0.15) is 11.2 Å². The number of H-pyrrole nitrogens is 1. The predicted octanol–water partition coefficient (Wildman–Crippen LogP) is 4.42.